The number of carbonyl (C=O) groups excluding carboxylic acids is 1. The summed E-state index contributed by atoms with van der Waals surface area (Å²) < 4.78 is 17.9. The largest absolute Gasteiger partial charge is 0.493 e. The molecule has 0 atom stereocenters. The molecule has 124 valence electrons. The minimum Gasteiger partial charge on any atom is -0.493 e. The van der Waals surface area contributed by atoms with Crippen molar-refractivity contribution in [1.29, 1.82) is 0 Å². The van der Waals surface area contributed by atoms with Gasteiger partial charge in [0.05, 0.1) is 16.2 Å². The zero-order valence-corrected chi connectivity index (χ0v) is 16.6. The Balaban J connectivity index is 2.19. The van der Waals surface area contributed by atoms with E-state index in [0.717, 1.165) is 13.6 Å². The maximum atomic E-state index is 11.9. The molecule has 0 amide bonds. The predicted octanol–water partition coefficient (Wildman–Crippen LogP) is 4.43. The molecule has 0 heterocycles. The molecule has 0 bridgehead atoms. The third-order valence-corrected chi connectivity index (χ3v) is 4.38. The third kappa shape index (κ3) is 4.89. The Morgan fingerprint density at radius 3 is 2.62 bits per heavy atom. The lowest BCUT2D eigenvalue weighted by Crippen LogP contribution is -2.07. The molecular weight excluding hydrogens is 487 g/mol. The fourth-order valence-electron chi connectivity index (χ4n) is 1.90. The van der Waals surface area contributed by atoms with Crippen LogP contribution < -0.4 is 9.47 Å². The molecule has 0 radical (unpaired) electrons. The van der Waals surface area contributed by atoms with E-state index in [9.17, 15) is 4.79 Å². The Morgan fingerprint density at radius 1 is 1.29 bits per heavy atom. The lowest BCUT2D eigenvalue weighted by Gasteiger charge is -2.14. The molecule has 2 aromatic carbocycles. The topological polar surface area (TPSA) is 44.8 Å². The SMILES string of the molecule is C#CCOC(=O)c1cc(I)c(OCc2ccc(Br)cc2)c(OC)c1. The second-order valence-corrected chi connectivity index (χ2v) is 6.76. The van der Waals surface area contributed by atoms with Gasteiger partial charge in [0, 0.05) is 4.47 Å². The van der Waals surface area contributed by atoms with E-state index in [1.807, 2.05) is 24.3 Å². The minimum absolute atomic E-state index is 0.0699. The van der Waals surface area contributed by atoms with Gasteiger partial charge in [0.1, 0.15) is 6.61 Å². The van der Waals surface area contributed by atoms with Crippen molar-refractivity contribution >= 4 is 44.5 Å². The summed E-state index contributed by atoms with van der Waals surface area (Å²) in [6.07, 6.45) is 5.09. The molecule has 0 N–H and O–H groups in total. The Morgan fingerprint density at radius 2 is 2.00 bits per heavy atom. The van der Waals surface area contributed by atoms with Crippen LogP contribution in [-0.4, -0.2) is 19.7 Å². The Labute approximate surface area is 162 Å². The third-order valence-electron chi connectivity index (χ3n) is 3.05. The summed E-state index contributed by atoms with van der Waals surface area (Å²) >= 11 is 5.49. The van der Waals surface area contributed by atoms with Gasteiger partial charge in [-0.1, -0.05) is 34.0 Å². The summed E-state index contributed by atoms with van der Waals surface area (Å²) in [7, 11) is 1.52. The zero-order valence-electron chi connectivity index (χ0n) is 12.8. The summed E-state index contributed by atoms with van der Waals surface area (Å²) in [6.45, 7) is 0.320. The second kappa shape index (κ2) is 8.94. The molecule has 2 aromatic rings. The van der Waals surface area contributed by atoms with Gasteiger partial charge in [-0.15, -0.1) is 6.42 Å². The molecule has 0 spiro atoms. The van der Waals surface area contributed by atoms with Crippen molar-refractivity contribution in [2.45, 2.75) is 6.61 Å². The van der Waals surface area contributed by atoms with Gasteiger partial charge in [0.15, 0.2) is 18.1 Å². The van der Waals surface area contributed by atoms with Crippen LogP contribution in [0.15, 0.2) is 40.9 Å². The highest BCUT2D eigenvalue weighted by molar-refractivity contribution is 14.1. The van der Waals surface area contributed by atoms with Gasteiger partial charge in [-0.2, -0.15) is 0 Å². The number of hydrogen-bond donors (Lipinski definition) is 0. The van der Waals surface area contributed by atoms with Crippen LogP contribution in [0, 0.1) is 15.9 Å². The lowest BCUT2D eigenvalue weighted by atomic mass is 10.2. The monoisotopic (exact) mass is 500 g/mol. The number of halogens is 2. The second-order valence-electron chi connectivity index (χ2n) is 4.68. The molecule has 4 nitrogen and oxygen atoms in total. The van der Waals surface area contributed by atoms with Gasteiger partial charge in [-0.05, 0) is 52.4 Å². The van der Waals surface area contributed by atoms with E-state index in [-0.39, 0.29) is 6.61 Å². The number of ether oxygens (including phenoxy) is 3. The number of benzene rings is 2. The van der Waals surface area contributed by atoms with E-state index >= 15 is 0 Å². The van der Waals surface area contributed by atoms with E-state index in [4.69, 9.17) is 20.6 Å². The molecule has 0 unspecified atom stereocenters. The molecule has 24 heavy (non-hydrogen) atoms. The lowest BCUT2D eigenvalue weighted by molar-refractivity contribution is 0.0556. The van der Waals surface area contributed by atoms with Gasteiger partial charge in [-0.3, -0.25) is 0 Å². The van der Waals surface area contributed by atoms with Crippen LogP contribution in [0.1, 0.15) is 15.9 Å². The molecular formula is C18H14BrIO4. The van der Waals surface area contributed by atoms with E-state index in [1.54, 1.807) is 12.1 Å². The van der Waals surface area contributed by atoms with Gasteiger partial charge >= 0.3 is 5.97 Å². The smallest absolute Gasteiger partial charge is 0.339 e. The highest BCUT2D eigenvalue weighted by Gasteiger charge is 2.16. The number of hydrogen-bond acceptors (Lipinski definition) is 4. The number of terminal acetylenes is 1. The molecule has 0 aliphatic rings. The Hall–Kier alpha value is -1.72. The summed E-state index contributed by atoms with van der Waals surface area (Å²) in [5, 5.41) is 0. The van der Waals surface area contributed by atoms with E-state index in [2.05, 4.69) is 44.4 Å². The van der Waals surface area contributed by atoms with Gasteiger partial charge in [0.25, 0.3) is 0 Å². The first kappa shape index (κ1) is 18.6. The van der Waals surface area contributed by atoms with Crippen LogP contribution in [0.25, 0.3) is 0 Å². The normalized spacial score (nSPS) is 9.92. The number of methoxy groups -OCH3 is 1. The number of rotatable bonds is 6. The van der Waals surface area contributed by atoms with Crippen molar-refractivity contribution < 1.29 is 19.0 Å². The first-order chi connectivity index (χ1) is 11.5. The maximum Gasteiger partial charge on any atom is 0.339 e. The summed E-state index contributed by atoms with van der Waals surface area (Å²) in [5.41, 5.74) is 1.39. The van der Waals surface area contributed by atoms with Crippen LogP contribution >= 0.6 is 38.5 Å². The molecule has 0 fully saturated rings. The molecule has 0 saturated heterocycles. The standard InChI is InChI=1S/C18H14BrIO4/c1-3-8-23-18(21)13-9-15(20)17(16(10-13)22-2)24-11-12-4-6-14(19)7-5-12/h1,4-7,9-10H,8,11H2,2H3. The van der Waals surface area contributed by atoms with Crippen molar-refractivity contribution in [2.24, 2.45) is 0 Å². The average Bonchev–Trinajstić information content (AvgIpc) is 2.59. The molecule has 0 aliphatic heterocycles. The maximum absolute atomic E-state index is 11.9. The fourth-order valence-corrected chi connectivity index (χ4v) is 2.93. The summed E-state index contributed by atoms with van der Waals surface area (Å²) in [5.74, 6) is 2.81. The van der Waals surface area contributed by atoms with Crippen molar-refractivity contribution in [3.63, 3.8) is 0 Å². The fraction of sp³-hybridized carbons (Fsp3) is 0.167. The van der Waals surface area contributed by atoms with Gasteiger partial charge in [-0.25, -0.2) is 4.79 Å². The minimum atomic E-state index is -0.497. The van der Waals surface area contributed by atoms with Crippen molar-refractivity contribution in [3.8, 4) is 23.8 Å². The number of esters is 1. The van der Waals surface area contributed by atoms with Crippen LogP contribution in [0.5, 0.6) is 11.5 Å². The summed E-state index contributed by atoms with van der Waals surface area (Å²) in [4.78, 5) is 11.9. The highest BCUT2D eigenvalue weighted by Crippen LogP contribution is 2.34. The van der Waals surface area contributed by atoms with Crippen LogP contribution in [-0.2, 0) is 11.3 Å². The van der Waals surface area contributed by atoms with E-state index < -0.39 is 5.97 Å². The zero-order chi connectivity index (χ0) is 17.5. The van der Waals surface area contributed by atoms with Gasteiger partial charge < -0.3 is 14.2 Å². The van der Waals surface area contributed by atoms with E-state index in [0.29, 0.717) is 23.7 Å². The van der Waals surface area contributed by atoms with Crippen LogP contribution in [0.2, 0.25) is 0 Å². The Kier molecular flexibility index (Phi) is 6.94. The molecule has 0 saturated carbocycles. The van der Waals surface area contributed by atoms with Crippen molar-refractivity contribution in [3.05, 3.63) is 55.6 Å². The van der Waals surface area contributed by atoms with Gasteiger partial charge in [0.2, 0.25) is 0 Å². The average molecular weight is 501 g/mol. The van der Waals surface area contributed by atoms with Crippen molar-refractivity contribution in [2.75, 3.05) is 13.7 Å². The van der Waals surface area contributed by atoms with Crippen LogP contribution in [0.3, 0.4) is 0 Å². The molecule has 6 heteroatoms. The molecule has 2 rings (SSSR count). The highest BCUT2D eigenvalue weighted by atomic mass is 127. The molecule has 0 aromatic heterocycles. The quantitative estimate of drug-likeness (QED) is 0.334. The molecule has 0 aliphatic carbocycles. The van der Waals surface area contributed by atoms with Crippen LogP contribution in [0.4, 0.5) is 0 Å². The first-order valence-electron chi connectivity index (χ1n) is 6.90. The predicted molar refractivity (Wildman–Crippen MR) is 103 cm³/mol. The van der Waals surface area contributed by atoms with E-state index in [1.165, 1.54) is 7.11 Å². The Bertz CT molecular complexity index is 766. The first-order valence-corrected chi connectivity index (χ1v) is 8.77. The van der Waals surface area contributed by atoms with Crippen molar-refractivity contribution in [1.82, 2.24) is 0 Å². The number of carbonyl (C=O) groups is 1. The summed E-state index contributed by atoms with van der Waals surface area (Å²) in [6, 6.07) is 11.1.